The van der Waals surface area contributed by atoms with Gasteiger partial charge in [0.2, 0.25) is 0 Å². The van der Waals surface area contributed by atoms with Gasteiger partial charge in [0, 0.05) is 6.54 Å². The van der Waals surface area contributed by atoms with Crippen molar-refractivity contribution >= 4 is 11.7 Å². The van der Waals surface area contributed by atoms with Gasteiger partial charge in [0.15, 0.2) is 11.5 Å². The van der Waals surface area contributed by atoms with Crippen LogP contribution in [-0.4, -0.2) is 53.4 Å². The lowest BCUT2D eigenvalue weighted by atomic mass is 10.3. The van der Waals surface area contributed by atoms with Crippen molar-refractivity contribution in [2.75, 3.05) is 32.9 Å². The molecule has 1 rings (SSSR count). The summed E-state index contributed by atoms with van der Waals surface area (Å²) in [5.41, 5.74) is 5.60. The molecule has 0 bridgehead atoms. The van der Waals surface area contributed by atoms with E-state index in [0.29, 0.717) is 6.54 Å². The number of nitrogens with one attached hydrogen (secondary N) is 2. The highest BCUT2D eigenvalue weighted by molar-refractivity contribution is 5.96. The van der Waals surface area contributed by atoms with Crippen LogP contribution in [0.25, 0.3) is 0 Å². The number of unbranched alkanes of at least 4 members (excludes halogenated alkanes) is 1. The Morgan fingerprint density at radius 2 is 2.19 bits per heavy atom. The number of nitrogen functional groups attached to an aromatic ring is 1. The molecule has 1 aromatic heterocycles. The fraction of sp³-hybridized carbons (Fsp3) is 0.667. The van der Waals surface area contributed by atoms with Crippen molar-refractivity contribution in [2.24, 2.45) is 0 Å². The van der Waals surface area contributed by atoms with Gasteiger partial charge < -0.3 is 16.0 Å². The molecule has 0 unspecified atom stereocenters. The van der Waals surface area contributed by atoms with Crippen molar-refractivity contribution < 1.29 is 4.79 Å². The molecule has 0 spiro atoms. The summed E-state index contributed by atoms with van der Waals surface area (Å²) in [5.74, 6) is -0.151. The molecule has 0 aliphatic heterocycles. The molecular weight excluding hydrogens is 208 g/mol. The molecule has 4 N–H and O–H groups in total. The molecule has 1 heterocycles. The summed E-state index contributed by atoms with van der Waals surface area (Å²) in [7, 11) is 4.04. The fourth-order valence-corrected chi connectivity index (χ4v) is 1.24. The van der Waals surface area contributed by atoms with E-state index >= 15 is 0 Å². The normalized spacial score (nSPS) is 10.7. The van der Waals surface area contributed by atoms with Crippen molar-refractivity contribution in [3.63, 3.8) is 0 Å². The third-order valence-corrected chi connectivity index (χ3v) is 2.11. The number of H-pyrrole nitrogens is 1. The number of aromatic amines is 1. The number of amides is 1. The molecule has 0 fully saturated rings. The van der Waals surface area contributed by atoms with Crippen LogP contribution >= 0.6 is 0 Å². The van der Waals surface area contributed by atoms with E-state index in [9.17, 15) is 4.79 Å². The zero-order valence-corrected chi connectivity index (χ0v) is 9.66. The highest BCUT2D eigenvalue weighted by Gasteiger charge is 2.12. The number of rotatable bonds is 6. The van der Waals surface area contributed by atoms with E-state index in [1.807, 2.05) is 14.1 Å². The van der Waals surface area contributed by atoms with Crippen LogP contribution in [0.15, 0.2) is 0 Å². The molecule has 0 atom stereocenters. The predicted molar refractivity (Wildman–Crippen MR) is 60.9 cm³/mol. The van der Waals surface area contributed by atoms with Gasteiger partial charge in [-0.2, -0.15) is 5.21 Å². The first-order valence-electron chi connectivity index (χ1n) is 5.20. The maximum Gasteiger partial charge on any atom is 0.275 e. The number of aromatic nitrogens is 3. The Hall–Kier alpha value is -1.63. The quantitative estimate of drug-likeness (QED) is 0.566. The lowest BCUT2D eigenvalue weighted by Gasteiger charge is -2.08. The van der Waals surface area contributed by atoms with Gasteiger partial charge in [-0.15, -0.1) is 10.2 Å². The SMILES string of the molecule is CN(C)CCCCNC(=O)c1n[nH]nc1N. The zero-order valence-electron chi connectivity index (χ0n) is 9.66. The van der Waals surface area contributed by atoms with E-state index in [-0.39, 0.29) is 17.4 Å². The maximum atomic E-state index is 11.5. The summed E-state index contributed by atoms with van der Waals surface area (Å²) < 4.78 is 0. The summed E-state index contributed by atoms with van der Waals surface area (Å²) >= 11 is 0. The van der Waals surface area contributed by atoms with Gasteiger partial charge in [0.25, 0.3) is 5.91 Å². The third kappa shape index (κ3) is 3.85. The number of nitrogens with two attached hydrogens (primary N) is 1. The van der Waals surface area contributed by atoms with E-state index in [0.717, 1.165) is 19.4 Å². The second-order valence-corrected chi connectivity index (χ2v) is 3.82. The van der Waals surface area contributed by atoms with Crippen LogP contribution in [0.3, 0.4) is 0 Å². The van der Waals surface area contributed by atoms with E-state index in [2.05, 4.69) is 25.6 Å². The Labute approximate surface area is 94.4 Å². The Morgan fingerprint density at radius 3 is 2.75 bits per heavy atom. The lowest BCUT2D eigenvalue weighted by molar-refractivity contribution is 0.0948. The van der Waals surface area contributed by atoms with Crippen LogP contribution in [0.1, 0.15) is 23.3 Å². The first-order valence-corrected chi connectivity index (χ1v) is 5.20. The van der Waals surface area contributed by atoms with Gasteiger partial charge in [0.05, 0.1) is 0 Å². The molecule has 0 saturated carbocycles. The first-order chi connectivity index (χ1) is 7.61. The summed E-state index contributed by atoms with van der Waals surface area (Å²) in [4.78, 5) is 13.6. The van der Waals surface area contributed by atoms with Crippen molar-refractivity contribution in [3.8, 4) is 0 Å². The molecule has 0 radical (unpaired) electrons. The van der Waals surface area contributed by atoms with Crippen LogP contribution in [0.4, 0.5) is 5.82 Å². The Balaban J connectivity index is 2.19. The molecule has 1 amide bonds. The number of anilines is 1. The molecule has 16 heavy (non-hydrogen) atoms. The maximum absolute atomic E-state index is 11.5. The average molecular weight is 226 g/mol. The van der Waals surface area contributed by atoms with Gasteiger partial charge >= 0.3 is 0 Å². The molecule has 7 heteroatoms. The van der Waals surface area contributed by atoms with Crippen LogP contribution < -0.4 is 11.1 Å². The summed E-state index contributed by atoms with van der Waals surface area (Å²) in [5, 5.41) is 12.3. The van der Waals surface area contributed by atoms with Gasteiger partial charge in [0.1, 0.15) is 0 Å². The number of hydrogen-bond acceptors (Lipinski definition) is 5. The predicted octanol–water partition coefficient (Wildman–Crippen LogP) is -0.541. The summed E-state index contributed by atoms with van der Waals surface area (Å²) in [6.07, 6.45) is 1.98. The zero-order chi connectivity index (χ0) is 12.0. The third-order valence-electron chi connectivity index (χ3n) is 2.11. The van der Waals surface area contributed by atoms with E-state index in [4.69, 9.17) is 5.73 Å². The summed E-state index contributed by atoms with van der Waals surface area (Å²) in [6, 6.07) is 0. The van der Waals surface area contributed by atoms with E-state index in [1.165, 1.54) is 0 Å². The lowest BCUT2D eigenvalue weighted by Crippen LogP contribution is -2.26. The topological polar surface area (TPSA) is 99.9 Å². The standard InChI is InChI=1S/C9H18N6O/c1-15(2)6-4-3-5-11-9(16)7-8(10)13-14-12-7/h3-6H2,1-2H3,(H,11,16)(H3,10,12,13,14). The monoisotopic (exact) mass is 226 g/mol. The van der Waals surface area contributed by atoms with Crippen LogP contribution in [0, 0.1) is 0 Å². The number of nitrogens with zero attached hydrogens (tertiary/aromatic N) is 3. The van der Waals surface area contributed by atoms with Crippen LogP contribution in [-0.2, 0) is 0 Å². The molecule has 0 aliphatic rings. The second kappa shape index (κ2) is 6.06. The molecule has 7 nitrogen and oxygen atoms in total. The Morgan fingerprint density at radius 1 is 1.44 bits per heavy atom. The van der Waals surface area contributed by atoms with E-state index in [1.54, 1.807) is 0 Å². The van der Waals surface area contributed by atoms with Crippen molar-refractivity contribution in [1.82, 2.24) is 25.6 Å². The first kappa shape index (κ1) is 12.4. The van der Waals surface area contributed by atoms with Gasteiger partial charge in [-0.3, -0.25) is 4.79 Å². The Bertz CT molecular complexity index is 334. The van der Waals surface area contributed by atoms with Crippen molar-refractivity contribution in [1.29, 1.82) is 0 Å². The number of hydrogen-bond donors (Lipinski definition) is 3. The van der Waals surface area contributed by atoms with Crippen LogP contribution in [0.2, 0.25) is 0 Å². The molecular formula is C9H18N6O. The highest BCUT2D eigenvalue weighted by atomic mass is 16.2. The van der Waals surface area contributed by atoms with E-state index < -0.39 is 0 Å². The minimum absolute atomic E-state index is 0.130. The van der Waals surface area contributed by atoms with Crippen LogP contribution in [0.5, 0.6) is 0 Å². The number of carbonyl (C=O) groups is 1. The average Bonchev–Trinajstić information content (AvgIpc) is 2.63. The van der Waals surface area contributed by atoms with Gasteiger partial charge in [-0.1, -0.05) is 0 Å². The minimum atomic E-state index is -0.281. The molecule has 90 valence electrons. The molecule has 0 saturated heterocycles. The molecule has 1 aromatic rings. The van der Waals surface area contributed by atoms with Gasteiger partial charge in [-0.25, -0.2) is 0 Å². The summed E-state index contributed by atoms with van der Waals surface area (Å²) in [6.45, 7) is 1.64. The molecule has 0 aliphatic carbocycles. The smallest absolute Gasteiger partial charge is 0.275 e. The molecule has 0 aromatic carbocycles. The fourth-order valence-electron chi connectivity index (χ4n) is 1.24. The van der Waals surface area contributed by atoms with Crippen molar-refractivity contribution in [2.45, 2.75) is 12.8 Å². The van der Waals surface area contributed by atoms with Crippen molar-refractivity contribution in [3.05, 3.63) is 5.69 Å². The van der Waals surface area contributed by atoms with Gasteiger partial charge in [-0.05, 0) is 33.5 Å². The largest absolute Gasteiger partial charge is 0.380 e. The highest BCUT2D eigenvalue weighted by Crippen LogP contribution is 2.01. The number of carbonyl (C=O) groups excluding carboxylic acids is 1. The Kier molecular flexibility index (Phi) is 4.71. The minimum Gasteiger partial charge on any atom is -0.380 e. The second-order valence-electron chi connectivity index (χ2n) is 3.82.